The zero-order chi connectivity index (χ0) is 9.26. The normalized spacial score (nSPS) is 16.5. The van der Waals surface area contributed by atoms with Crippen LogP contribution < -0.4 is 4.90 Å². The second-order valence-electron chi connectivity index (χ2n) is 2.89. The van der Waals surface area contributed by atoms with Crippen molar-refractivity contribution in [1.29, 1.82) is 0 Å². The molecule has 2 heterocycles. The first kappa shape index (κ1) is 8.91. The van der Waals surface area contributed by atoms with Gasteiger partial charge in [0.1, 0.15) is 5.82 Å². The maximum atomic E-state index is 5.84. The lowest BCUT2D eigenvalue weighted by Crippen LogP contribution is -2.21. The van der Waals surface area contributed by atoms with E-state index in [0.29, 0.717) is 11.6 Å². The molecule has 0 aromatic carbocycles. The Bertz CT molecular complexity index is 332. The second kappa shape index (κ2) is 3.60. The molecule has 13 heavy (non-hydrogen) atoms. The van der Waals surface area contributed by atoms with Crippen molar-refractivity contribution in [2.45, 2.75) is 6.54 Å². The molecule has 0 radical (unpaired) electrons. The van der Waals surface area contributed by atoms with Gasteiger partial charge in [-0.15, -0.1) is 0 Å². The molecule has 70 valence electrons. The molecule has 0 unspecified atom stereocenters. The molecular weight excluding hydrogens is 209 g/mol. The quantitative estimate of drug-likeness (QED) is 0.757. The van der Waals surface area contributed by atoms with Gasteiger partial charge in [0, 0.05) is 23.2 Å². The van der Waals surface area contributed by atoms with Crippen molar-refractivity contribution in [3.63, 3.8) is 0 Å². The second-order valence-corrected chi connectivity index (χ2v) is 3.59. The van der Waals surface area contributed by atoms with E-state index in [1.165, 1.54) is 5.54 Å². The molecule has 5 heteroatoms. The van der Waals surface area contributed by atoms with Crippen LogP contribution in [0.4, 0.5) is 5.82 Å². The van der Waals surface area contributed by atoms with Crippen LogP contribution in [0.5, 0.6) is 0 Å². The first-order valence-electron chi connectivity index (χ1n) is 4.03. The Morgan fingerprint density at radius 1 is 1.62 bits per heavy atom. The number of halogens is 2. The summed E-state index contributed by atoms with van der Waals surface area (Å²) in [5.41, 5.74) is 1.40. The fourth-order valence-corrected chi connectivity index (χ4v) is 1.69. The highest BCUT2D eigenvalue weighted by atomic mass is 35.5. The van der Waals surface area contributed by atoms with E-state index >= 15 is 0 Å². The highest BCUT2D eigenvalue weighted by molar-refractivity contribution is 6.36. The van der Waals surface area contributed by atoms with E-state index in [2.05, 4.69) is 10.00 Å². The number of hydrogen-bond acceptors (Lipinski definition) is 2. The molecule has 0 N–H and O–H groups in total. The van der Waals surface area contributed by atoms with Gasteiger partial charge >= 0.3 is 0 Å². The van der Waals surface area contributed by atoms with E-state index in [4.69, 9.17) is 23.2 Å². The molecule has 1 aromatic heterocycles. The summed E-state index contributed by atoms with van der Waals surface area (Å²) in [7, 11) is 0. The molecule has 0 spiro atoms. The van der Waals surface area contributed by atoms with Crippen LogP contribution in [0.1, 0.15) is 0 Å². The average molecular weight is 218 g/mol. The van der Waals surface area contributed by atoms with Crippen molar-refractivity contribution < 1.29 is 0 Å². The van der Waals surface area contributed by atoms with E-state index in [1.54, 1.807) is 6.20 Å². The van der Waals surface area contributed by atoms with Crippen molar-refractivity contribution in [3.8, 4) is 0 Å². The van der Waals surface area contributed by atoms with Crippen molar-refractivity contribution in [2.75, 3.05) is 18.0 Å². The maximum Gasteiger partial charge on any atom is 0.127 e. The Kier molecular flexibility index (Phi) is 2.47. The number of aromatic nitrogens is 2. The summed E-state index contributed by atoms with van der Waals surface area (Å²) in [6, 6.07) is 1.98. The molecule has 0 atom stereocenters. The summed E-state index contributed by atoms with van der Waals surface area (Å²) in [5, 5.41) is 4.81. The van der Waals surface area contributed by atoms with Crippen LogP contribution in [0, 0.1) is 0 Å². The summed E-state index contributed by atoms with van der Waals surface area (Å²) in [5.74, 6) is 1.11. The predicted molar refractivity (Wildman–Crippen MR) is 54.2 cm³/mol. The van der Waals surface area contributed by atoms with Gasteiger partial charge < -0.3 is 4.90 Å². The molecule has 0 fully saturated rings. The molecule has 2 rings (SSSR count). The molecule has 0 saturated carbocycles. The van der Waals surface area contributed by atoms with Crippen LogP contribution in [0.2, 0.25) is 0 Å². The van der Waals surface area contributed by atoms with Gasteiger partial charge in [-0.1, -0.05) is 23.2 Å². The smallest absolute Gasteiger partial charge is 0.127 e. The fourth-order valence-electron chi connectivity index (χ4n) is 1.47. The van der Waals surface area contributed by atoms with E-state index in [0.717, 1.165) is 18.9 Å². The number of rotatable bonds is 2. The van der Waals surface area contributed by atoms with Gasteiger partial charge in [0.25, 0.3) is 0 Å². The molecule has 1 aliphatic heterocycles. The number of fused-ring (bicyclic) bond motifs is 1. The van der Waals surface area contributed by atoms with Crippen LogP contribution in [0.25, 0.3) is 0 Å². The summed E-state index contributed by atoms with van der Waals surface area (Å²) in [6.07, 6.45) is 1.79. The molecule has 0 aliphatic carbocycles. The molecular formula is C8H9Cl2N3. The van der Waals surface area contributed by atoms with Gasteiger partial charge in [0.2, 0.25) is 0 Å². The topological polar surface area (TPSA) is 21.1 Å². The third-order valence-corrected chi connectivity index (χ3v) is 2.66. The Morgan fingerprint density at radius 2 is 2.46 bits per heavy atom. The Balaban J connectivity index is 2.12. The number of hydrogen-bond donors (Lipinski definition) is 0. The standard InChI is InChI=1S/C8H9Cl2N3/c9-5-7(10)6-12-3-4-13-8(12)1-2-11-13/h1-2,5H,3-4,6H2/b7-5-. The third-order valence-electron chi connectivity index (χ3n) is 2.06. The molecule has 0 bridgehead atoms. The third kappa shape index (κ3) is 1.67. The molecule has 1 aromatic rings. The summed E-state index contributed by atoms with van der Waals surface area (Å²) >= 11 is 11.3. The van der Waals surface area contributed by atoms with Gasteiger partial charge in [-0.25, -0.2) is 4.68 Å². The molecule has 0 amide bonds. The fraction of sp³-hybridized carbons (Fsp3) is 0.375. The highest BCUT2D eigenvalue weighted by Crippen LogP contribution is 2.21. The largest absolute Gasteiger partial charge is 0.350 e. The summed E-state index contributed by atoms with van der Waals surface area (Å²) in [6.45, 7) is 2.54. The van der Waals surface area contributed by atoms with Crippen LogP contribution >= 0.6 is 23.2 Å². The van der Waals surface area contributed by atoms with Gasteiger partial charge in [-0.3, -0.25) is 0 Å². The Labute approximate surface area is 86.5 Å². The predicted octanol–water partition coefficient (Wildman–Crippen LogP) is 2.02. The Morgan fingerprint density at radius 3 is 3.23 bits per heavy atom. The van der Waals surface area contributed by atoms with Crippen LogP contribution in [-0.2, 0) is 6.54 Å². The highest BCUT2D eigenvalue weighted by Gasteiger charge is 2.18. The first-order chi connectivity index (χ1) is 6.31. The zero-order valence-corrected chi connectivity index (χ0v) is 8.46. The minimum Gasteiger partial charge on any atom is -0.350 e. The van der Waals surface area contributed by atoms with E-state index in [9.17, 15) is 0 Å². The van der Waals surface area contributed by atoms with Crippen LogP contribution in [0.15, 0.2) is 22.8 Å². The van der Waals surface area contributed by atoms with Crippen molar-refractivity contribution in [2.24, 2.45) is 0 Å². The average Bonchev–Trinajstić information content (AvgIpc) is 2.69. The molecule has 3 nitrogen and oxygen atoms in total. The van der Waals surface area contributed by atoms with E-state index < -0.39 is 0 Å². The SMILES string of the molecule is Cl/C=C(\Cl)CN1CCn2nccc21. The lowest BCUT2D eigenvalue weighted by Gasteiger charge is -2.15. The monoisotopic (exact) mass is 217 g/mol. The number of anilines is 1. The summed E-state index contributed by atoms with van der Waals surface area (Å²) in [4.78, 5) is 2.15. The van der Waals surface area contributed by atoms with E-state index in [-0.39, 0.29) is 0 Å². The minimum absolute atomic E-state index is 0.649. The van der Waals surface area contributed by atoms with Crippen LogP contribution in [-0.4, -0.2) is 22.9 Å². The first-order valence-corrected chi connectivity index (χ1v) is 4.84. The van der Waals surface area contributed by atoms with Crippen molar-refractivity contribution in [3.05, 3.63) is 22.8 Å². The minimum atomic E-state index is 0.649. The lowest BCUT2D eigenvalue weighted by molar-refractivity contribution is 0.689. The van der Waals surface area contributed by atoms with Gasteiger partial charge in [0.05, 0.1) is 19.3 Å². The Hall–Kier alpha value is -0.670. The molecule has 0 saturated heterocycles. The van der Waals surface area contributed by atoms with Crippen LogP contribution in [0.3, 0.4) is 0 Å². The van der Waals surface area contributed by atoms with Crippen molar-refractivity contribution >= 4 is 29.0 Å². The van der Waals surface area contributed by atoms with Crippen molar-refractivity contribution in [1.82, 2.24) is 9.78 Å². The van der Waals surface area contributed by atoms with Gasteiger partial charge in [-0.05, 0) is 0 Å². The van der Waals surface area contributed by atoms with Gasteiger partial charge in [-0.2, -0.15) is 5.10 Å². The molecule has 1 aliphatic rings. The maximum absolute atomic E-state index is 5.84. The lowest BCUT2D eigenvalue weighted by atomic mass is 10.5. The zero-order valence-electron chi connectivity index (χ0n) is 6.95. The van der Waals surface area contributed by atoms with Gasteiger partial charge in [0.15, 0.2) is 0 Å². The summed E-state index contributed by atoms with van der Waals surface area (Å²) < 4.78 is 1.96. The number of nitrogens with zero attached hydrogens (tertiary/aromatic N) is 3. The van der Waals surface area contributed by atoms with E-state index in [1.807, 2.05) is 10.7 Å².